The van der Waals surface area contributed by atoms with Crippen LogP contribution in [0.5, 0.6) is 0 Å². The summed E-state index contributed by atoms with van der Waals surface area (Å²) in [6.45, 7) is 0.451. The second kappa shape index (κ2) is 7.57. The summed E-state index contributed by atoms with van der Waals surface area (Å²) >= 11 is 0. The van der Waals surface area contributed by atoms with Crippen molar-refractivity contribution in [2.24, 2.45) is 10.2 Å². The molecule has 2 amide bonds. The number of azo groups is 1. The predicted octanol–water partition coefficient (Wildman–Crippen LogP) is 4.18. The number of hydrogen-bond acceptors (Lipinski definition) is 4. The first kappa shape index (κ1) is 16.6. The Hall–Kier alpha value is -3.22. The lowest BCUT2D eigenvalue weighted by Gasteiger charge is -2.21. The quantitative estimate of drug-likeness (QED) is 0.819. The highest BCUT2D eigenvalue weighted by molar-refractivity contribution is 5.92. The molecule has 2 aromatic carbocycles. The molecule has 0 spiro atoms. The van der Waals surface area contributed by atoms with Crippen molar-refractivity contribution in [3.8, 4) is 0 Å². The number of benzene rings is 2. The number of rotatable bonds is 4. The highest BCUT2D eigenvalue weighted by Crippen LogP contribution is 2.22. The summed E-state index contributed by atoms with van der Waals surface area (Å²) in [5.74, 6) is -0.968. The van der Waals surface area contributed by atoms with Gasteiger partial charge in [-0.15, -0.1) is 0 Å². The minimum atomic E-state index is -0.968. The number of urea groups is 1. The molecule has 0 bridgehead atoms. The normalized spacial score (nSPS) is 17.0. The summed E-state index contributed by atoms with van der Waals surface area (Å²) in [5.41, 5.74) is 2.00. The van der Waals surface area contributed by atoms with Crippen molar-refractivity contribution in [3.63, 3.8) is 0 Å². The smallest absolute Gasteiger partial charge is 0.326 e. The Morgan fingerprint density at radius 2 is 1.64 bits per heavy atom. The maximum Gasteiger partial charge on any atom is 0.326 e. The minimum absolute atomic E-state index is 0.399. The van der Waals surface area contributed by atoms with E-state index in [1.165, 1.54) is 4.90 Å². The van der Waals surface area contributed by atoms with Gasteiger partial charge < -0.3 is 15.3 Å². The van der Waals surface area contributed by atoms with Crippen molar-refractivity contribution in [3.05, 3.63) is 54.6 Å². The molecule has 1 aliphatic heterocycles. The lowest BCUT2D eigenvalue weighted by Crippen LogP contribution is -2.42. The maximum absolute atomic E-state index is 12.2. The molecule has 128 valence electrons. The molecule has 1 atom stereocenters. The first-order valence-corrected chi connectivity index (χ1v) is 8.01. The lowest BCUT2D eigenvalue weighted by molar-refractivity contribution is -0.141. The summed E-state index contributed by atoms with van der Waals surface area (Å²) in [5, 5.41) is 20.1. The number of aliphatic carboxylic acids is 1. The van der Waals surface area contributed by atoms with Gasteiger partial charge in [0.05, 0.1) is 11.4 Å². The monoisotopic (exact) mass is 338 g/mol. The first-order valence-electron chi connectivity index (χ1n) is 8.01. The fraction of sp³-hybridized carbons (Fsp3) is 0.222. The molecule has 7 nitrogen and oxygen atoms in total. The number of anilines is 1. The summed E-state index contributed by atoms with van der Waals surface area (Å²) in [6.07, 6.45) is 1.19. The van der Waals surface area contributed by atoms with Crippen LogP contribution in [-0.4, -0.2) is 34.6 Å². The number of hydrogen-bond donors (Lipinski definition) is 2. The van der Waals surface area contributed by atoms with E-state index in [1.54, 1.807) is 24.3 Å². The Bertz CT molecular complexity index is 775. The number of carboxylic acid groups (broad SMARTS) is 1. The van der Waals surface area contributed by atoms with Crippen LogP contribution in [0, 0.1) is 0 Å². The highest BCUT2D eigenvalue weighted by Gasteiger charge is 2.33. The first-order chi connectivity index (χ1) is 12.1. The molecular weight excluding hydrogens is 320 g/mol. The number of likely N-dealkylation sites (tertiary alicyclic amines) is 1. The predicted molar refractivity (Wildman–Crippen MR) is 93.4 cm³/mol. The third-order valence-corrected chi connectivity index (χ3v) is 3.95. The Balaban J connectivity index is 1.62. The van der Waals surface area contributed by atoms with Gasteiger partial charge in [-0.1, -0.05) is 18.2 Å². The van der Waals surface area contributed by atoms with E-state index in [1.807, 2.05) is 30.3 Å². The Labute approximate surface area is 145 Å². The molecular formula is C18H18N4O3. The molecule has 3 rings (SSSR count). The van der Waals surface area contributed by atoms with E-state index in [2.05, 4.69) is 15.5 Å². The molecule has 1 heterocycles. The van der Waals surface area contributed by atoms with Gasteiger partial charge in [0, 0.05) is 12.2 Å². The number of carbonyl (C=O) groups is 2. The van der Waals surface area contributed by atoms with Crippen LogP contribution in [0.25, 0.3) is 0 Å². The largest absolute Gasteiger partial charge is 0.480 e. The Morgan fingerprint density at radius 1 is 1.00 bits per heavy atom. The van der Waals surface area contributed by atoms with Crippen LogP contribution in [0.1, 0.15) is 12.8 Å². The van der Waals surface area contributed by atoms with E-state index < -0.39 is 18.0 Å². The Kier molecular flexibility index (Phi) is 5.03. The molecule has 25 heavy (non-hydrogen) atoms. The van der Waals surface area contributed by atoms with Crippen LogP contribution in [0.3, 0.4) is 0 Å². The zero-order valence-corrected chi connectivity index (χ0v) is 13.5. The summed E-state index contributed by atoms with van der Waals surface area (Å²) < 4.78 is 0. The van der Waals surface area contributed by atoms with Crippen LogP contribution < -0.4 is 5.32 Å². The van der Waals surface area contributed by atoms with Crippen LogP contribution >= 0.6 is 0 Å². The van der Waals surface area contributed by atoms with Gasteiger partial charge in [0.25, 0.3) is 0 Å². The van der Waals surface area contributed by atoms with Gasteiger partial charge in [-0.25, -0.2) is 9.59 Å². The summed E-state index contributed by atoms with van der Waals surface area (Å²) in [7, 11) is 0. The van der Waals surface area contributed by atoms with Crippen molar-refractivity contribution >= 4 is 29.1 Å². The van der Waals surface area contributed by atoms with Crippen LogP contribution in [-0.2, 0) is 4.79 Å². The average molecular weight is 338 g/mol. The maximum atomic E-state index is 12.2. The average Bonchev–Trinajstić information content (AvgIpc) is 3.12. The highest BCUT2D eigenvalue weighted by atomic mass is 16.4. The third-order valence-electron chi connectivity index (χ3n) is 3.95. The van der Waals surface area contributed by atoms with Crippen LogP contribution in [0.2, 0.25) is 0 Å². The van der Waals surface area contributed by atoms with Crippen LogP contribution in [0.4, 0.5) is 21.9 Å². The molecule has 1 unspecified atom stereocenters. The van der Waals surface area contributed by atoms with Gasteiger partial charge in [-0.05, 0) is 49.2 Å². The van der Waals surface area contributed by atoms with Crippen molar-refractivity contribution in [1.82, 2.24) is 4.90 Å². The summed E-state index contributed by atoms with van der Waals surface area (Å²) in [4.78, 5) is 24.7. The second-order valence-corrected chi connectivity index (χ2v) is 5.70. The van der Waals surface area contributed by atoms with E-state index in [0.29, 0.717) is 30.8 Å². The van der Waals surface area contributed by atoms with Gasteiger partial charge in [-0.3, -0.25) is 0 Å². The van der Waals surface area contributed by atoms with Crippen molar-refractivity contribution < 1.29 is 14.7 Å². The number of amides is 2. The number of nitrogens with one attached hydrogen (secondary N) is 1. The Morgan fingerprint density at radius 3 is 2.28 bits per heavy atom. The van der Waals surface area contributed by atoms with Crippen molar-refractivity contribution in [2.75, 3.05) is 11.9 Å². The van der Waals surface area contributed by atoms with E-state index in [-0.39, 0.29) is 0 Å². The third kappa shape index (κ3) is 4.20. The molecule has 2 N–H and O–H groups in total. The molecule has 0 aliphatic carbocycles. The standard InChI is InChI=1S/C18H18N4O3/c23-17(24)16-7-4-12-22(16)18(25)19-13-8-10-15(11-9-13)21-20-14-5-2-1-3-6-14/h1-3,5-6,8-11,16H,4,7,12H2,(H,19,25)(H,23,24). The zero-order chi connectivity index (χ0) is 17.6. The van der Waals surface area contributed by atoms with Gasteiger partial charge in [-0.2, -0.15) is 10.2 Å². The minimum Gasteiger partial charge on any atom is -0.480 e. The fourth-order valence-electron chi connectivity index (χ4n) is 2.68. The molecule has 7 heteroatoms. The van der Waals surface area contributed by atoms with Gasteiger partial charge in [0.1, 0.15) is 6.04 Å². The lowest BCUT2D eigenvalue weighted by atomic mass is 10.2. The van der Waals surface area contributed by atoms with Gasteiger partial charge in [0.2, 0.25) is 0 Å². The molecule has 2 aromatic rings. The molecule has 0 saturated carbocycles. The molecule has 1 saturated heterocycles. The van der Waals surface area contributed by atoms with E-state index in [4.69, 9.17) is 5.11 Å². The molecule has 0 aromatic heterocycles. The number of carboxylic acids is 1. The molecule has 1 fully saturated rings. The second-order valence-electron chi connectivity index (χ2n) is 5.70. The molecule has 1 aliphatic rings. The summed E-state index contributed by atoms with van der Waals surface area (Å²) in [6, 6.07) is 15.1. The topological polar surface area (TPSA) is 94.4 Å². The van der Waals surface area contributed by atoms with E-state index in [9.17, 15) is 9.59 Å². The van der Waals surface area contributed by atoms with Crippen molar-refractivity contribution in [2.45, 2.75) is 18.9 Å². The van der Waals surface area contributed by atoms with Crippen molar-refractivity contribution in [1.29, 1.82) is 0 Å². The SMILES string of the molecule is O=C(O)C1CCCN1C(=O)Nc1ccc(N=Nc2ccccc2)cc1. The number of carbonyl (C=O) groups excluding carboxylic acids is 1. The van der Waals surface area contributed by atoms with E-state index >= 15 is 0 Å². The van der Waals surface area contributed by atoms with Gasteiger partial charge >= 0.3 is 12.0 Å². The van der Waals surface area contributed by atoms with E-state index in [0.717, 1.165) is 5.69 Å². The van der Waals surface area contributed by atoms with Gasteiger partial charge in [0.15, 0.2) is 0 Å². The number of nitrogens with zero attached hydrogens (tertiary/aromatic N) is 3. The van der Waals surface area contributed by atoms with Crippen LogP contribution in [0.15, 0.2) is 64.8 Å². The molecule has 0 radical (unpaired) electrons. The fourth-order valence-corrected chi connectivity index (χ4v) is 2.68. The zero-order valence-electron chi connectivity index (χ0n) is 13.5.